The summed E-state index contributed by atoms with van der Waals surface area (Å²) in [5.74, 6) is 0.363. The Kier molecular flexibility index (Phi) is 5.58. The molecule has 1 saturated heterocycles. The van der Waals surface area contributed by atoms with Crippen molar-refractivity contribution in [2.24, 2.45) is 0 Å². The van der Waals surface area contributed by atoms with Gasteiger partial charge in [0.15, 0.2) is 12.4 Å². The van der Waals surface area contributed by atoms with Gasteiger partial charge in [0.1, 0.15) is 5.75 Å². The number of hydrogen-bond acceptors (Lipinski definition) is 5. The van der Waals surface area contributed by atoms with E-state index in [2.05, 4.69) is 17.6 Å². The van der Waals surface area contributed by atoms with Crippen molar-refractivity contribution in [1.82, 2.24) is 10.2 Å². The minimum absolute atomic E-state index is 0.0351. The molecule has 2 heterocycles. The van der Waals surface area contributed by atoms with Crippen molar-refractivity contribution in [1.29, 1.82) is 0 Å². The van der Waals surface area contributed by atoms with Crippen molar-refractivity contribution in [2.75, 3.05) is 25.0 Å². The molecule has 1 fully saturated rings. The summed E-state index contributed by atoms with van der Waals surface area (Å²) in [6, 6.07) is 10.6. The molecule has 0 saturated carbocycles. The van der Waals surface area contributed by atoms with Crippen molar-refractivity contribution >= 4 is 17.5 Å². The third kappa shape index (κ3) is 4.23. The van der Waals surface area contributed by atoms with Gasteiger partial charge < -0.3 is 24.7 Å². The zero-order valence-corrected chi connectivity index (χ0v) is 14.9. The predicted octanol–water partition coefficient (Wildman–Crippen LogP) is 2.12. The van der Waals surface area contributed by atoms with Crippen LogP contribution in [0.4, 0.5) is 5.69 Å². The first-order valence-corrected chi connectivity index (χ1v) is 8.65. The van der Waals surface area contributed by atoms with Gasteiger partial charge in [-0.3, -0.25) is 9.59 Å². The third-order valence-electron chi connectivity index (χ3n) is 4.55. The molecule has 0 radical (unpaired) electrons. The van der Waals surface area contributed by atoms with Gasteiger partial charge in [-0.1, -0.05) is 6.07 Å². The topological polar surface area (TPSA) is 83.8 Å². The van der Waals surface area contributed by atoms with Gasteiger partial charge in [-0.25, -0.2) is 0 Å². The van der Waals surface area contributed by atoms with E-state index in [0.717, 1.165) is 6.54 Å². The Bertz CT molecular complexity index is 760. The number of furan rings is 1. The van der Waals surface area contributed by atoms with E-state index in [1.807, 2.05) is 11.8 Å². The molecule has 7 nitrogen and oxygen atoms in total. The highest BCUT2D eigenvalue weighted by molar-refractivity contribution is 6.02. The summed E-state index contributed by atoms with van der Waals surface area (Å²) < 4.78 is 10.7. The van der Waals surface area contributed by atoms with Crippen molar-refractivity contribution in [3.05, 3.63) is 48.4 Å². The molecule has 1 aromatic carbocycles. The second-order valence-electron chi connectivity index (χ2n) is 6.32. The molecule has 0 spiro atoms. The highest BCUT2D eigenvalue weighted by Crippen LogP contribution is 2.19. The van der Waals surface area contributed by atoms with Crippen LogP contribution in [0.15, 0.2) is 47.1 Å². The number of benzene rings is 1. The second-order valence-corrected chi connectivity index (χ2v) is 6.32. The van der Waals surface area contributed by atoms with E-state index < -0.39 is 0 Å². The number of amides is 2. The fraction of sp³-hybridized carbons (Fsp3) is 0.368. The quantitative estimate of drug-likeness (QED) is 0.856. The van der Waals surface area contributed by atoms with Gasteiger partial charge in [0, 0.05) is 36.9 Å². The van der Waals surface area contributed by atoms with Crippen LogP contribution in [-0.2, 0) is 4.79 Å². The molecule has 3 rings (SSSR count). The van der Waals surface area contributed by atoms with E-state index in [1.165, 1.54) is 6.26 Å². The van der Waals surface area contributed by atoms with Crippen LogP contribution in [0.2, 0.25) is 0 Å². The van der Waals surface area contributed by atoms with Crippen LogP contribution in [0.25, 0.3) is 0 Å². The molecule has 1 aliphatic rings. The molecule has 2 N–H and O–H groups in total. The molecule has 2 atom stereocenters. The predicted molar refractivity (Wildman–Crippen MR) is 97.2 cm³/mol. The maximum atomic E-state index is 12.4. The molecule has 138 valence electrons. The van der Waals surface area contributed by atoms with E-state index in [1.54, 1.807) is 36.4 Å². The third-order valence-corrected chi connectivity index (χ3v) is 4.55. The van der Waals surface area contributed by atoms with Crippen LogP contribution >= 0.6 is 0 Å². The lowest BCUT2D eigenvalue weighted by Crippen LogP contribution is -2.58. The Morgan fingerprint density at radius 3 is 2.92 bits per heavy atom. The smallest absolute Gasteiger partial charge is 0.291 e. The first kappa shape index (κ1) is 18.0. The summed E-state index contributed by atoms with van der Waals surface area (Å²) in [6.45, 7) is 5.51. The fourth-order valence-electron chi connectivity index (χ4n) is 2.90. The molecule has 2 amide bonds. The van der Waals surface area contributed by atoms with E-state index in [9.17, 15) is 9.59 Å². The van der Waals surface area contributed by atoms with Gasteiger partial charge in [-0.15, -0.1) is 0 Å². The van der Waals surface area contributed by atoms with Gasteiger partial charge in [0.05, 0.1) is 6.26 Å². The van der Waals surface area contributed by atoms with Crippen LogP contribution in [0.1, 0.15) is 24.4 Å². The molecular formula is C19H23N3O4. The minimum Gasteiger partial charge on any atom is -0.484 e. The molecule has 26 heavy (non-hydrogen) atoms. The summed E-state index contributed by atoms with van der Waals surface area (Å²) in [4.78, 5) is 26.3. The molecule has 1 aromatic heterocycles. The first-order valence-electron chi connectivity index (χ1n) is 8.65. The number of ether oxygens (including phenoxy) is 1. The largest absolute Gasteiger partial charge is 0.484 e. The Hall–Kier alpha value is -2.80. The molecule has 7 heteroatoms. The van der Waals surface area contributed by atoms with Crippen LogP contribution in [-0.4, -0.2) is 48.5 Å². The number of piperazine rings is 1. The molecule has 2 unspecified atom stereocenters. The Morgan fingerprint density at radius 2 is 2.15 bits per heavy atom. The maximum Gasteiger partial charge on any atom is 0.291 e. The average molecular weight is 357 g/mol. The number of carbonyl (C=O) groups excluding carboxylic acids is 2. The normalized spacial score (nSPS) is 19.8. The van der Waals surface area contributed by atoms with Crippen molar-refractivity contribution in [2.45, 2.75) is 25.9 Å². The summed E-state index contributed by atoms with van der Waals surface area (Å²) in [7, 11) is 0. The fourth-order valence-corrected chi connectivity index (χ4v) is 2.90. The Morgan fingerprint density at radius 1 is 1.31 bits per heavy atom. The van der Waals surface area contributed by atoms with E-state index in [0.29, 0.717) is 18.0 Å². The van der Waals surface area contributed by atoms with E-state index in [4.69, 9.17) is 9.15 Å². The summed E-state index contributed by atoms with van der Waals surface area (Å²) >= 11 is 0. The van der Waals surface area contributed by atoms with Gasteiger partial charge in [0.25, 0.3) is 11.8 Å². The highest BCUT2D eigenvalue weighted by Gasteiger charge is 2.28. The summed E-state index contributed by atoms with van der Waals surface area (Å²) in [5, 5.41) is 6.08. The monoisotopic (exact) mass is 357 g/mol. The molecule has 0 aliphatic carbocycles. The van der Waals surface area contributed by atoms with E-state index in [-0.39, 0.29) is 36.3 Å². The lowest BCUT2D eigenvalue weighted by molar-refractivity contribution is -0.137. The summed E-state index contributed by atoms with van der Waals surface area (Å²) in [6.07, 6.45) is 1.44. The molecule has 1 aliphatic heterocycles. The number of nitrogens with zero attached hydrogens (tertiary/aromatic N) is 1. The molecule has 2 aromatic rings. The maximum absolute atomic E-state index is 12.4. The van der Waals surface area contributed by atoms with Crippen molar-refractivity contribution in [3.8, 4) is 5.75 Å². The van der Waals surface area contributed by atoms with Crippen molar-refractivity contribution in [3.63, 3.8) is 0 Å². The van der Waals surface area contributed by atoms with Crippen LogP contribution in [0.5, 0.6) is 5.75 Å². The standard InChI is InChI=1S/C19H23N3O4/c1-13-14(2)22(9-8-20-13)18(23)12-26-16-6-3-5-15(11-16)21-19(24)17-7-4-10-25-17/h3-7,10-11,13-14,20H,8-9,12H2,1-2H3,(H,21,24). The van der Waals surface area contributed by atoms with Crippen molar-refractivity contribution < 1.29 is 18.7 Å². The van der Waals surface area contributed by atoms with Crippen LogP contribution < -0.4 is 15.4 Å². The molecule has 0 bridgehead atoms. The van der Waals surface area contributed by atoms with Crippen LogP contribution in [0, 0.1) is 0 Å². The SMILES string of the molecule is CC1NCCN(C(=O)COc2cccc(NC(=O)c3ccco3)c2)C1C. The number of nitrogens with one attached hydrogen (secondary N) is 2. The number of carbonyl (C=O) groups is 2. The van der Waals surface area contributed by atoms with Gasteiger partial charge in [-0.05, 0) is 38.1 Å². The van der Waals surface area contributed by atoms with Crippen LogP contribution in [0.3, 0.4) is 0 Å². The average Bonchev–Trinajstić information content (AvgIpc) is 3.17. The Labute approximate surface area is 152 Å². The van der Waals surface area contributed by atoms with Gasteiger partial charge >= 0.3 is 0 Å². The second kappa shape index (κ2) is 8.05. The Balaban J connectivity index is 1.57. The number of anilines is 1. The van der Waals surface area contributed by atoms with Gasteiger partial charge in [-0.2, -0.15) is 0 Å². The number of rotatable bonds is 5. The zero-order chi connectivity index (χ0) is 18.5. The highest BCUT2D eigenvalue weighted by atomic mass is 16.5. The minimum atomic E-state index is -0.341. The number of hydrogen-bond donors (Lipinski definition) is 2. The van der Waals surface area contributed by atoms with E-state index >= 15 is 0 Å². The lowest BCUT2D eigenvalue weighted by Gasteiger charge is -2.38. The zero-order valence-electron chi connectivity index (χ0n) is 14.9. The summed E-state index contributed by atoms with van der Waals surface area (Å²) in [5.41, 5.74) is 0.570. The van der Waals surface area contributed by atoms with Gasteiger partial charge in [0.2, 0.25) is 0 Å². The lowest BCUT2D eigenvalue weighted by atomic mass is 10.1. The molecular weight excluding hydrogens is 334 g/mol. The first-order chi connectivity index (χ1) is 12.5.